The third-order valence-electron chi connectivity index (χ3n) is 3.59. The first-order valence-electron chi connectivity index (χ1n) is 6.93. The van der Waals surface area contributed by atoms with Gasteiger partial charge in [0.25, 0.3) is 0 Å². The predicted molar refractivity (Wildman–Crippen MR) is 80.5 cm³/mol. The van der Waals surface area contributed by atoms with Crippen LogP contribution in [0.4, 0.5) is 0 Å². The molecule has 6 nitrogen and oxygen atoms in total. The normalized spacial score (nSPS) is 19.3. The molecule has 2 rings (SSSR count). The minimum Gasteiger partial charge on any atom is -0.493 e. The van der Waals surface area contributed by atoms with Gasteiger partial charge >= 0.3 is 0 Å². The molecule has 1 fully saturated rings. The third kappa shape index (κ3) is 3.66. The van der Waals surface area contributed by atoms with Gasteiger partial charge in [0.15, 0.2) is 11.5 Å². The Morgan fingerprint density at radius 1 is 1.24 bits per heavy atom. The summed E-state index contributed by atoms with van der Waals surface area (Å²) >= 11 is 0. The quantitative estimate of drug-likeness (QED) is 0.849. The number of methoxy groups -OCH3 is 2. The molecular formula is C14H22N2O4S. The average molecular weight is 314 g/mol. The number of nitrogens with one attached hydrogen (secondary N) is 2. The second-order valence-corrected chi connectivity index (χ2v) is 6.82. The Balaban J connectivity index is 2.30. The van der Waals surface area contributed by atoms with Crippen molar-refractivity contribution in [1.82, 2.24) is 10.0 Å². The zero-order valence-corrected chi connectivity index (χ0v) is 13.4. The molecule has 21 heavy (non-hydrogen) atoms. The SMILES string of the molecule is COc1cc(C)c(S(=O)(=O)N[C@H]2CCCNC2)cc1OC. The van der Waals surface area contributed by atoms with Gasteiger partial charge in [-0.05, 0) is 37.9 Å². The van der Waals surface area contributed by atoms with E-state index in [0.717, 1.165) is 19.4 Å². The topological polar surface area (TPSA) is 76.7 Å². The van der Waals surface area contributed by atoms with E-state index in [4.69, 9.17) is 9.47 Å². The van der Waals surface area contributed by atoms with E-state index in [9.17, 15) is 8.42 Å². The Kier molecular flexibility index (Phi) is 5.08. The first-order valence-corrected chi connectivity index (χ1v) is 8.42. The summed E-state index contributed by atoms with van der Waals surface area (Å²) in [4.78, 5) is 0.228. The van der Waals surface area contributed by atoms with Gasteiger partial charge in [0.1, 0.15) is 0 Å². The van der Waals surface area contributed by atoms with Crippen LogP contribution in [0.3, 0.4) is 0 Å². The van der Waals surface area contributed by atoms with Crippen molar-refractivity contribution in [3.8, 4) is 11.5 Å². The second kappa shape index (κ2) is 6.64. The van der Waals surface area contributed by atoms with Gasteiger partial charge in [0, 0.05) is 18.7 Å². The van der Waals surface area contributed by atoms with Crippen molar-refractivity contribution in [2.24, 2.45) is 0 Å². The first kappa shape index (κ1) is 16.1. The summed E-state index contributed by atoms with van der Waals surface area (Å²) in [5, 5.41) is 3.19. The molecule has 7 heteroatoms. The van der Waals surface area contributed by atoms with E-state index in [1.54, 1.807) is 13.0 Å². The number of rotatable bonds is 5. The molecule has 1 atom stereocenters. The van der Waals surface area contributed by atoms with Crippen molar-refractivity contribution in [1.29, 1.82) is 0 Å². The molecule has 0 aromatic heterocycles. The van der Waals surface area contributed by atoms with Gasteiger partial charge in [-0.2, -0.15) is 0 Å². The number of hydrogen-bond acceptors (Lipinski definition) is 5. The predicted octanol–water partition coefficient (Wildman–Crippen LogP) is 1.04. The van der Waals surface area contributed by atoms with Crippen molar-refractivity contribution >= 4 is 10.0 Å². The highest BCUT2D eigenvalue weighted by Crippen LogP contribution is 2.32. The molecule has 1 heterocycles. The van der Waals surface area contributed by atoms with Crippen molar-refractivity contribution in [2.45, 2.75) is 30.7 Å². The Morgan fingerprint density at radius 3 is 2.48 bits per heavy atom. The fraction of sp³-hybridized carbons (Fsp3) is 0.571. The number of aryl methyl sites for hydroxylation is 1. The second-order valence-electron chi connectivity index (χ2n) is 5.14. The van der Waals surface area contributed by atoms with Crippen LogP contribution in [0.25, 0.3) is 0 Å². The van der Waals surface area contributed by atoms with Gasteiger partial charge in [0.2, 0.25) is 10.0 Å². The summed E-state index contributed by atoms with van der Waals surface area (Å²) in [6.07, 6.45) is 1.82. The minimum absolute atomic E-state index is 0.0729. The van der Waals surface area contributed by atoms with Crippen LogP contribution in [-0.2, 0) is 10.0 Å². The number of piperidine rings is 1. The van der Waals surface area contributed by atoms with Crippen LogP contribution in [-0.4, -0.2) is 41.8 Å². The van der Waals surface area contributed by atoms with E-state index in [1.165, 1.54) is 20.3 Å². The lowest BCUT2D eigenvalue weighted by Gasteiger charge is -2.24. The maximum absolute atomic E-state index is 12.6. The van der Waals surface area contributed by atoms with Crippen LogP contribution in [0, 0.1) is 6.92 Å². The lowest BCUT2D eigenvalue weighted by Crippen LogP contribution is -2.45. The molecule has 0 bridgehead atoms. The van der Waals surface area contributed by atoms with E-state index < -0.39 is 10.0 Å². The molecule has 1 aliphatic rings. The third-order valence-corrected chi connectivity index (χ3v) is 5.25. The van der Waals surface area contributed by atoms with E-state index >= 15 is 0 Å². The van der Waals surface area contributed by atoms with Crippen LogP contribution >= 0.6 is 0 Å². The first-order chi connectivity index (χ1) is 9.97. The van der Waals surface area contributed by atoms with Gasteiger partial charge in [-0.3, -0.25) is 0 Å². The maximum Gasteiger partial charge on any atom is 0.241 e. The van der Waals surface area contributed by atoms with Crippen molar-refractivity contribution in [3.63, 3.8) is 0 Å². The molecule has 1 saturated heterocycles. The Labute approximate surface area is 125 Å². The molecule has 1 aromatic carbocycles. The summed E-state index contributed by atoms with van der Waals surface area (Å²) < 4.78 is 38.2. The van der Waals surface area contributed by atoms with Gasteiger partial charge in [0.05, 0.1) is 19.1 Å². The van der Waals surface area contributed by atoms with Crippen molar-refractivity contribution in [3.05, 3.63) is 17.7 Å². The molecule has 0 unspecified atom stereocenters. The highest BCUT2D eigenvalue weighted by molar-refractivity contribution is 7.89. The minimum atomic E-state index is -3.57. The zero-order chi connectivity index (χ0) is 15.5. The molecule has 0 saturated carbocycles. The number of hydrogen-bond donors (Lipinski definition) is 2. The van der Waals surface area contributed by atoms with Gasteiger partial charge in [-0.1, -0.05) is 0 Å². The number of ether oxygens (including phenoxy) is 2. The fourth-order valence-electron chi connectivity index (χ4n) is 2.49. The van der Waals surface area contributed by atoms with Crippen LogP contribution in [0.2, 0.25) is 0 Å². The van der Waals surface area contributed by atoms with Gasteiger partial charge in [-0.15, -0.1) is 0 Å². The molecule has 118 valence electrons. The molecule has 1 aromatic rings. The van der Waals surface area contributed by atoms with E-state index in [2.05, 4.69) is 10.0 Å². The van der Waals surface area contributed by atoms with Crippen LogP contribution < -0.4 is 19.5 Å². The number of benzene rings is 1. The van der Waals surface area contributed by atoms with Crippen LogP contribution in [0.1, 0.15) is 18.4 Å². The lowest BCUT2D eigenvalue weighted by molar-refractivity contribution is 0.353. The summed E-state index contributed by atoms with van der Waals surface area (Å²) in [5.74, 6) is 0.929. The highest BCUT2D eigenvalue weighted by atomic mass is 32.2. The Morgan fingerprint density at radius 2 is 1.90 bits per heavy atom. The summed E-state index contributed by atoms with van der Waals surface area (Å²) in [6.45, 7) is 3.34. The van der Waals surface area contributed by atoms with E-state index in [-0.39, 0.29) is 10.9 Å². The summed E-state index contributed by atoms with van der Waals surface area (Å²) in [7, 11) is -0.560. The van der Waals surface area contributed by atoms with Crippen molar-refractivity contribution < 1.29 is 17.9 Å². The Hall–Kier alpha value is -1.31. The molecule has 0 spiro atoms. The van der Waals surface area contributed by atoms with E-state index in [0.29, 0.717) is 23.6 Å². The largest absolute Gasteiger partial charge is 0.493 e. The number of sulfonamides is 1. The van der Waals surface area contributed by atoms with Crippen molar-refractivity contribution in [2.75, 3.05) is 27.3 Å². The molecule has 0 amide bonds. The standard InChI is InChI=1S/C14H22N2O4S/c1-10-7-12(19-2)13(20-3)8-14(10)21(17,18)16-11-5-4-6-15-9-11/h7-8,11,15-16H,4-6,9H2,1-3H3/t11-/m0/s1. The Bertz CT molecular complexity index is 595. The molecule has 1 aliphatic heterocycles. The molecule has 2 N–H and O–H groups in total. The van der Waals surface area contributed by atoms with Crippen LogP contribution in [0.5, 0.6) is 11.5 Å². The lowest BCUT2D eigenvalue weighted by atomic mass is 10.1. The van der Waals surface area contributed by atoms with E-state index in [1.807, 2.05) is 0 Å². The zero-order valence-electron chi connectivity index (χ0n) is 12.6. The maximum atomic E-state index is 12.6. The van der Waals surface area contributed by atoms with Crippen LogP contribution in [0.15, 0.2) is 17.0 Å². The molecular weight excluding hydrogens is 292 g/mol. The smallest absolute Gasteiger partial charge is 0.241 e. The monoisotopic (exact) mass is 314 g/mol. The molecule has 0 aliphatic carbocycles. The van der Waals surface area contributed by atoms with Gasteiger partial charge in [-0.25, -0.2) is 13.1 Å². The highest BCUT2D eigenvalue weighted by Gasteiger charge is 2.24. The summed E-state index contributed by atoms with van der Waals surface area (Å²) in [5.41, 5.74) is 0.629. The molecule has 0 radical (unpaired) electrons. The van der Waals surface area contributed by atoms with Gasteiger partial charge < -0.3 is 14.8 Å². The fourth-order valence-corrected chi connectivity index (χ4v) is 4.00. The average Bonchev–Trinajstić information content (AvgIpc) is 2.47. The summed E-state index contributed by atoms with van der Waals surface area (Å²) in [6, 6.07) is 3.11.